The highest BCUT2D eigenvalue weighted by molar-refractivity contribution is 9.10. The van der Waals surface area contributed by atoms with E-state index < -0.39 is 0 Å². The van der Waals surface area contributed by atoms with Crippen molar-refractivity contribution in [1.29, 1.82) is 0 Å². The number of rotatable bonds is 4. The average Bonchev–Trinajstić information content (AvgIpc) is 3.56. The van der Waals surface area contributed by atoms with Gasteiger partial charge in [-0.1, -0.05) is 19.0 Å². The monoisotopic (exact) mass is 696 g/mol. The lowest BCUT2D eigenvalue weighted by Gasteiger charge is -2.12. The van der Waals surface area contributed by atoms with Crippen LogP contribution in [0.3, 0.4) is 0 Å². The van der Waals surface area contributed by atoms with Crippen LogP contribution in [0, 0.1) is 52.0 Å². The fourth-order valence-corrected chi connectivity index (χ4v) is 5.48. The minimum atomic E-state index is 0. The van der Waals surface area contributed by atoms with Crippen LogP contribution in [-0.4, -0.2) is 39.0 Å². The second-order valence-electron chi connectivity index (χ2n) is 10.5. The molecule has 45 heavy (non-hydrogen) atoms. The van der Waals surface area contributed by atoms with Crippen LogP contribution >= 0.6 is 27.5 Å². The molecule has 0 unspecified atom stereocenters. The number of aromatic nitrogens is 10. The minimum Gasteiger partial charge on any atom is -0.618 e. The van der Waals surface area contributed by atoms with Crippen molar-refractivity contribution in [3.63, 3.8) is 0 Å². The quantitative estimate of drug-likeness (QED) is 0.154. The molecule has 0 spiro atoms. The van der Waals surface area contributed by atoms with Crippen LogP contribution in [0.2, 0.25) is 5.15 Å². The summed E-state index contributed by atoms with van der Waals surface area (Å²) in [6, 6.07) is 0. The van der Waals surface area contributed by atoms with Crippen molar-refractivity contribution in [2.24, 2.45) is 0 Å². The van der Waals surface area contributed by atoms with Crippen LogP contribution in [0.5, 0.6) is 0 Å². The van der Waals surface area contributed by atoms with Gasteiger partial charge in [0, 0.05) is 36.1 Å². The van der Waals surface area contributed by atoms with Crippen LogP contribution in [0.1, 0.15) is 52.2 Å². The van der Waals surface area contributed by atoms with Gasteiger partial charge in [-0.15, -0.1) is 0 Å². The third kappa shape index (κ3) is 6.31. The Kier molecular flexibility index (Phi) is 9.44. The Morgan fingerprint density at radius 2 is 1.13 bits per heavy atom. The van der Waals surface area contributed by atoms with Crippen molar-refractivity contribution in [3.05, 3.63) is 90.0 Å². The predicted molar refractivity (Wildman–Crippen MR) is 176 cm³/mol. The third-order valence-corrected chi connectivity index (χ3v) is 8.76. The highest BCUT2D eigenvalue weighted by Gasteiger charge is 2.17. The third-order valence-electron chi connectivity index (χ3n) is 7.94. The zero-order valence-corrected chi connectivity index (χ0v) is 27.3. The smallest absolute Gasteiger partial charge is 0.223 e. The van der Waals surface area contributed by atoms with Crippen LogP contribution in [-0.2, 0) is 13.1 Å². The molecule has 0 bridgehead atoms. The molecule has 0 saturated carbocycles. The fraction of sp³-hybridized carbons (Fsp3) is 0.310. The standard InChI is InChI=1S/C14H15BrN6O.C14H15ClN6O.CH4/c2*1-7-8(2)10(5-21(22)9(7)3)4-20-6-17-11-12(15)18-14(16)19-13(11)20;/h2*5-6H,4H2,1-3H3,(H2,16,18,19);1H4. The van der Waals surface area contributed by atoms with Crippen molar-refractivity contribution < 1.29 is 9.46 Å². The Morgan fingerprint density at radius 3 is 1.62 bits per heavy atom. The highest BCUT2D eigenvalue weighted by Crippen LogP contribution is 2.23. The largest absolute Gasteiger partial charge is 0.618 e. The molecule has 4 N–H and O–H groups in total. The first-order valence-corrected chi connectivity index (χ1v) is 14.6. The molecule has 14 nitrogen and oxygen atoms in total. The number of nitrogens with two attached hydrogens (primary N) is 2. The van der Waals surface area contributed by atoms with E-state index in [4.69, 9.17) is 23.1 Å². The molecule has 6 rings (SSSR count). The van der Waals surface area contributed by atoms with Crippen molar-refractivity contribution in [1.82, 2.24) is 39.0 Å². The van der Waals surface area contributed by atoms with E-state index in [1.54, 1.807) is 36.5 Å². The fourth-order valence-electron chi connectivity index (χ4n) is 4.79. The summed E-state index contributed by atoms with van der Waals surface area (Å²) in [6.07, 6.45) is 6.47. The second kappa shape index (κ2) is 12.8. The van der Waals surface area contributed by atoms with E-state index in [1.165, 1.54) is 0 Å². The van der Waals surface area contributed by atoms with E-state index in [2.05, 4.69) is 45.8 Å². The molecule has 0 saturated heterocycles. The van der Waals surface area contributed by atoms with Gasteiger partial charge in [0.2, 0.25) is 11.9 Å². The molecule has 16 heteroatoms. The number of hydrogen-bond acceptors (Lipinski definition) is 10. The summed E-state index contributed by atoms with van der Waals surface area (Å²) in [6.45, 7) is 12.5. The molecule has 0 aliphatic heterocycles. The predicted octanol–water partition coefficient (Wildman–Crippen LogP) is 4.08. The lowest BCUT2D eigenvalue weighted by Crippen LogP contribution is -2.32. The van der Waals surface area contributed by atoms with Crippen LogP contribution in [0.4, 0.5) is 11.9 Å². The van der Waals surface area contributed by atoms with Crippen molar-refractivity contribution in [2.45, 2.75) is 62.1 Å². The summed E-state index contributed by atoms with van der Waals surface area (Å²) in [5, 5.41) is 24.1. The molecule has 0 atom stereocenters. The summed E-state index contributed by atoms with van der Waals surface area (Å²) in [4.78, 5) is 24.8. The topological polar surface area (TPSA) is 193 Å². The Morgan fingerprint density at radius 1 is 0.711 bits per heavy atom. The first-order chi connectivity index (χ1) is 20.8. The molecule has 0 aliphatic carbocycles. The summed E-state index contributed by atoms with van der Waals surface area (Å²) in [5.41, 5.74) is 21.0. The molecule has 0 aromatic carbocycles. The number of pyridine rings is 2. The lowest BCUT2D eigenvalue weighted by molar-refractivity contribution is -0.613. The van der Waals surface area contributed by atoms with E-state index >= 15 is 0 Å². The lowest BCUT2D eigenvalue weighted by atomic mass is 10.0. The zero-order valence-electron chi connectivity index (χ0n) is 24.9. The van der Waals surface area contributed by atoms with Crippen LogP contribution in [0.15, 0.2) is 29.7 Å². The van der Waals surface area contributed by atoms with Gasteiger partial charge in [-0.3, -0.25) is 0 Å². The summed E-state index contributed by atoms with van der Waals surface area (Å²) in [5.74, 6) is 0.270. The summed E-state index contributed by atoms with van der Waals surface area (Å²) < 4.78 is 6.00. The summed E-state index contributed by atoms with van der Waals surface area (Å²) in [7, 11) is 0. The molecule has 0 radical (unpaired) electrons. The number of nitrogen functional groups attached to an aromatic ring is 2. The minimum absolute atomic E-state index is 0. The molecular weight excluding hydrogens is 664 g/mol. The Balaban J connectivity index is 0.000000200. The number of fused-ring (bicyclic) bond motifs is 2. The Hall–Kier alpha value is -4.63. The van der Waals surface area contributed by atoms with Crippen LogP contribution < -0.4 is 20.9 Å². The van der Waals surface area contributed by atoms with E-state index in [-0.39, 0.29) is 24.5 Å². The second-order valence-corrected chi connectivity index (χ2v) is 11.6. The molecule has 236 valence electrons. The first-order valence-electron chi connectivity index (χ1n) is 13.4. The molecule has 6 heterocycles. The molecule has 0 aliphatic rings. The van der Waals surface area contributed by atoms with Crippen LogP contribution in [0.25, 0.3) is 22.3 Å². The van der Waals surface area contributed by atoms with Gasteiger partial charge < -0.3 is 31.0 Å². The van der Waals surface area contributed by atoms with Crippen molar-refractivity contribution in [3.8, 4) is 0 Å². The number of anilines is 2. The van der Waals surface area contributed by atoms with Gasteiger partial charge in [0.05, 0.1) is 25.7 Å². The maximum Gasteiger partial charge on any atom is 0.223 e. The van der Waals surface area contributed by atoms with Gasteiger partial charge in [-0.05, 0) is 54.8 Å². The van der Waals surface area contributed by atoms with Crippen molar-refractivity contribution >= 4 is 61.8 Å². The average molecular weight is 698 g/mol. The molecule has 0 amide bonds. The van der Waals surface area contributed by atoms with Gasteiger partial charge in [0.25, 0.3) is 0 Å². The highest BCUT2D eigenvalue weighted by atomic mass is 79.9. The van der Waals surface area contributed by atoms with E-state index in [0.29, 0.717) is 51.4 Å². The number of nitrogens with zero attached hydrogens (tertiary/aromatic N) is 10. The maximum absolute atomic E-state index is 12.0. The van der Waals surface area contributed by atoms with E-state index in [0.717, 1.165) is 42.8 Å². The van der Waals surface area contributed by atoms with Gasteiger partial charge in [-0.2, -0.15) is 24.4 Å². The number of halogens is 2. The SMILES string of the molecule is C.Cc1c(Cn2cnc3c(Br)nc(N)nc32)c[n+]([O-])c(C)c1C.Cc1c(Cn2cnc3c(Cl)nc(N)nc32)c[n+]([O-])c(C)c1C. The molecule has 6 aromatic heterocycles. The number of hydrogen-bond donors (Lipinski definition) is 2. The molecule has 0 fully saturated rings. The first kappa shape index (κ1) is 33.3. The van der Waals surface area contributed by atoms with E-state index in [1.807, 2.05) is 39.2 Å². The molecular formula is C29H34BrClN12O2. The van der Waals surface area contributed by atoms with Gasteiger partial charge in [0.15, 0.2) is 40.2 Å². The zero-order chi connectivity index (χ0) is 32.0. The normalized spacial score (nSPS) is 11.0. The Labute approximate surface area is 273 Å². The van der Waals surface area contributed by atoms with E-state index in [9.17, 15) is 10.4 Å². The number of imidazole rings is 2. The van der Waals surface area contributed by atoms with Gasteiger partial charge >= 0.3 is 0 Å². The van der Waals surface area contributed by atoms with Gasteiger partial charge in [0.1, 0.15) is 15.6 Å². The summed E-state index contributed by atoms with van der Waals surface area (Å²) >= 11 is 9.35. The van der Waals surface area contributed by atoms with Gasteiger partial charge in [-0.25, -0.2) is 15.0 Å². The van der Waals surface area contributed by atoms with Crippen molar-refractivity contribution in [2.75, 3.05) is 11.5 Å². The maximum atomic E-state index is 12.0. The molecule has 6 aromatic rings. The Bertz CT molecular complexity index is 1930.